The van der Waals surface area contributed by atoms with E-state index >= 15 is 0 Å². The highest BCUT2D eigenvalue weighted by molar-refractivity contribution is 8.00. The highest BCUT2D eigenvalue weighted by Crippen LogP contribution is 2.33. The number of nitrogens with zero attached hydrogens (tertiary/aromatic N) is 2. The van der Waals surface area contributed by atoms with Crippen molar-refractivity contribution in [2.75, 3.05) is 0 Å². The van der Waals surface area contributed by atoms with Crippen LogP contribution in [-0.4, -0.2) is 33.4 Å². The van der Waals surface area contributed by atoms with E-state index in [0.29, 0.717) is 5.03 Å². The van der Waals surface area contributed by atoms with Crippen LogP contribution >= 0.6 is 11.8 Å². The van der Waals surface area contributed by atoms with Gasteiger partial charge in [0.1, 0.15) is 10.7 Å². The van der Waals surface area contributed by atoms with E-state index in [0.717, 1.165) is 47.7 Å². The molecule has 0 unspecified atom stereocenters. The largest absolute Gasteiger partial charge is 0.335 e. The van der Waals surface area contributed by atoms with Crippen LogP contribution in [0.4, 0.5) is 4.79 Å². The van der Waals surface area contributed by atoms with Crippen molar-refractivity contribution in [2.24, 2.45) is 0 Å². The molecule has 1 heterocycles. The lowest BCUT2D eigenvalue weighted by molar-refractivity contribution is -0.119. The number of rotatable bonds is 5. The molecule has 0 bridgehead atoms. The summed E-state index contributed by atoms with van der Waals surface area (Å²) in [4.78, 5) is 24.6. The number of carbonyl (C=O) groups is 2. The van der Waals surface area contributed by atoms with Crippen LogP contribution in [0.2, 0.25) is 0 Å². The quantitative estimate of drug-likeness (QED) is 0.592. The van der Waals surface area contributed by atoms with Crippen molar-refractivity contribution in [3.63, 3.8) is 0 Å². The van der Waals surface area contributed by atoms with Gasteiger partial charge in [0.25, 0.3) is 0 Å². The number of hydrogen-bond donors (Lipinski definition) is 2. The Morgan fingerprint density at radius 3 is 2.37 bits per heavy atom. The topological polar surface area (TPSA) is 84.0 Å². The maximum Gasteiger partial charge on any atom is 0.321 e. The number of imide groups is 1. The molecule has 7 heteroatoms. The maximum absolute atomic E-state index is 12.5. The molecule has 30 heavy (non-hydrogen) atoms. The molecule has 1 aliphatic rings. The number of amides is 3. The SMILES string of the molecule is C[C@@H](Sc1nnc(-c2ccccc2)c2ccccc12)C(=O)NC(=O)NC1CCCC1. The molecule has 2 aromatic carbocycles. The Labute approximate surface area is 179 Å². The molecular formula is C23H24N4O2S. The van der Waals surface area contributed by atoms with Crippen molar-refractivity contribution in [3.05, 3.63) is 54.6 Å². The van der Waals surface area contributed by atoms with Gasteiger partial charge in [-0.2, -0.15) is 0 Å². The molecule has 1 aliphatic carbocycles. The fraction of sp³-hybridized carbons (Fsp3) is 0.304. The van der Waals surface area contributed by atoms with Gasteiger partial charge in [-0.1, -0.05) is 79.2 Å². The van der Waals surface area contributed by atoms with Crippen LogP contribution in [0.25, 0.3) is 22.0 Å². The van der Waals surface area contributed by atoms with Gasteiger partial charge in [0.15, 0.2) is 0 Å². The van der Waals surface area contributed by atoms with Crippen molar-refractivity contribution >= 4 is 34.5 Å². The first-order valence-corrected chi connectivity index (χ1v) is 11.1. The van der Waals surface area contributed by atoms with Gasteiger partial charge in [-0.25, -0.2) is 4.79 Å². The van der Waals surface area contributed by atoms with Gasteiger partial charge in [0.05, 0.1) is 5.25 Å². The summed E-state index contributed by atoms with van der Waals surface area (Å²) in [6.07, 6.45) is 4.19. The standard InChI is InChI=1S/C23H24N4O2S/c1-15(21(28)25-23(29)24-17-11-5-6-12-17)30-22-19-14-8-7-13-18(19)20(26-27-22)16-9-3-2-4-10-16/h2-4,7-10,13-15,17H,5-6,11-12H2,1H3,(H2,24,25,28,29)/t15-/m1/s1. The van der Waals surface area contributed by atoms with E-state index in [2.05, 4.69) is 20.8 Å². The van der Waals surface area contributed by atoms with Crippen molar-refractivity contribution < 1.29 is 9.59 Å². The number of hydrogen-bond acceptors (Lipinski definition) is 5. The second kappa shape index (κ2) is 9.26. The summed E-state index contributed by atoms with van der Waals surface area (Å²) in [6.45, 7) is 1.77. The number of aromatic nitrogens is 2. The van der Waals surface area contributed by atoms with Crippen LogP contribution < -0.4 is 10.6 Å². The highest BCUT2D eigenvalue weighted by Gasteiger charge is 2.22. The second-order valence-corrected chi connectivity index (χ2v) is 8.80. The van der Waals surface area contributed by atoms with Gasteiger partial charge >= 0.3 is 6.03 Å². The van der Waals surface area contributed by atoms with E-state index < -0.39 is 11.3 Å². The van der Waals surface area contributed by atoms with E-state index in [4.69, 9.17) is 0 Å². The molecule has 3 amide bonds. The number of carbonyl (C=O) groups excluding carboxylic acids is 2. The minimum Gasteiger partial charge on any atom is -0.335 e. The normalized spacial score (nSPS) is 15.1. The highest BCUT2D eigenvalue weighted by atomic mass is 32.2. The third-order valence-corrected chi connectivity index (χ3v) is 6.38. The zero-order valence-electron chi connectivity index (χ0n) is 16.8. The van der Waals surface area contributed by atoms with Gasteiger partial charge in [0, 0.05) is 22.4 Å². The molecule has 0 spiro atoms. The van der Waals surface area contributed by atoms with E-state index in [1.54, 1.807) is 6.92 Å². The van der Waals surface area contributed by atoms with Crippen molar-refractivity contribution in [2.45, 2.75) is 48.9 Å². The molecule has 154 valence electrons. The zero-order chi connectivity index (χ0) is 20.9. The van der Waals surface area contributed by atoms with Crippen molar-refractivity contribution in [1.82, 2.24) is 20.8 Å². The van der Waals surface area contributed by atoms with E-state index in [1.807, 2.05) is 54.6 Å². The van der Waals surface area contributed by atoms with E-state index in [1.165, 1.54) is 11.8 Å². The summed E-state index contributed by atoms with van der Waals surface area (Å²) in [5.41, 5.74) is 1.80. The summed E-state index contributed by atoms with van der Waals surface area (Å²) in [6, 6.07) is 17.6. The molecule has 0 radical (unpaired) electrons. The molecule has 3 aromatic rings. The van der Waals surface area contributed by atoms with Gasteiger partial charge in [-0.3, -0.25) is 10.1 Å². The van der Waals surface area contributed by atoms with Gasteiger partial charge < -0.3 is 5.32 Å². The van der Waals surface area contributed by atoms with Gasteiger partial charge in [0.2, 0.25) is 5.91 Å². The van der Waals surface area contributed by atoms with Gasteiger partial charge in [-0.15, -0.1) is 10.2 Å². The Bertz CT molecular complexity index is 1050. The lowest BCUT2D eigenvalue weighted by Crippen LogP contribution is -2.45. The summed E-state index contributed by atoms with van der Waals surface area (Å²) in [5.74, 6) is -0.339. The Balaban J connectivity index is 1.49. The smallest absolute Gasteiger partial charge is 0.321 e. The Morgan fingerprint density at radius 1 is 0.967 bits per heavy atom. The van der Waals surface area contributed by atoms with Crippen LogP contribution in [0.3, 0.4) is 0 Å². The fourth-order valence-corrected chi connectivity index (χ4v) is 4.60. The number of benzene rings is 2. The van der Waals surface area contributed by atoms with Gasteiger partial charge in [-0.05, 0) is 19.8 Å². The lowest BCUT2D eigenvalue weighted by atomic mass is 10.1. The van der Waals surface area contributed by atoms with E-state index in [-0.39, 0.29) is 11.9 Å². The molecule has 1 aromatic heterocycles. The predicted octanol–water partition coefficient (Wildman–Crippen LogP) is 4.55. The average Bonchev–Trinajstić information content (AvgIpc) is 3.27. The second-order valence-electron chi connectivity index (χ2n) is 7.47. The summed E-state index contributed by atoms with van der Waals surface area (Å²) in [5, 5.41) is 16.3. The molecule has 1 saturated carbocycles. The number of thioether (sulfide) groups is 1. The third-order valence-electron chi connectivity index (χ3n) is 5.29. The number of fused-ring (bicyclic) bond motifs is 1. The van der Waals surface area contributed by atoms with Crippen molar-refractivity contribution in [3.8, 4) is 11.3 Å². The predicted molar refractivity (Wildman–Crippen MR) is 119 cm³/mol. The average molecular weight is 421 g/mol. The summed E-state index contributed by atoms with van der Waals surface area (Å²) < 4.78 is 0. The minimum atomic E-state index is -0.486. The molecule has 1 fully saturated rings. The Hall–Kier alpha value is -2.93. The van der Waals surface area contributed by atoms with Crippen molar-refractivity contribution in [1.29, 1.82) is 0 Å². The Morgan fingerprint density at radius 2 is 1.63 bits per heavy atom. The monoisotopic (exact) mass is 420 g/mol. The molecule has 0 saturated heterocycles. The third kappa shape index (κ3) is 4.62. The van der Waals surface area contributed by atoms with E-state index in [9.17, 15) is 9.59 Å². The number of nitrogens with one attached hydrogen (secondary N) is 2. The first-order chi connectivity index (χ1) is 14.6. The minimum absolute atomic E-state index is 0.168. The molecule has 4 rings (SSSR count). The maximum atomic E-state index is 12.5. The van der Waals surface area contributed by atoms with Crippen LogP contribution in [0, 0.1) is 0 Å². The molecule has 0 aliphatic heterocycles. The first-order valence-electron chi connectivity index (χ1n) is 10.2. The van der Waals surface area contributed by atoms with Crippen LogP contribution in [0.5, 0.6) is 0 Å². The summed E-state index contributed by atoms with van der Waals surface area (Å²) >= 11 is 1.30. The fourth-order valence-electron chi connectivity index (χ4n) is 3.70. The summed E-state index contributed by atoms with van der Waals surface area (Å²) in [7, 11) is 0. The molecule has 2 N–H and O–H groups in total. The van der Waals surface area contributed by atoms with Crippen LogP contribution in [0.1, 0.15) is 32.6 Å². The first kappa shape index (κ1) is 20.3. The lowest BCUT2D eigenvalue weighted by Gasteiger charge is -2.15. The Kier molecular flexibility index (Phi) is 6.28. The molecule has 1 atom stereocenters. The molecular weight excluding hydrogens is 396 g/mol. The zero-order valence-corrected chi connectivity index (χ0v) is 17.6. The van der Waals surface area contributed by atoms with Crippen LogP contribution in [0.15, 0.2) is 59.6 Å². The number of urea groups is 1. The molecule has 6 nitrogen and oxygen atoms in total. The van der Waals surface area contributed by atoms with Crippen LogP contribution in [-0.2, 0) is 4.79 Å².